The van der Waals surface area contributed by atoms with Crippen LogP contribution in [0.4, 0.5) is 0 Å². The number of thiophene rings is 1. The van der Waals surface area contributed by atoms with E-state index >= 15 is 0 Å². The number of fused-ring (bicyclic) bond motifs is 1. The molecule has 1 aromatic carbocycles. The molecular weight excluding hydrogens is 352 g/mol. The van der Waals surface area contributed by atoms with E-state index in [9.17, 15) is 9.59 Å². The van der Waals surface area contributed by atoms with Crippen LogP contribution in [0.15, 0.2) is 29.1 Å². The van der Waals surface area contributed by atoms with Gasteiger partial charge in [0, 0.05) is 17.0 Å². The lowest BCUT2D eigenvalue weighted by molar-refractivity contribution is -0.137. The second-order valence-corrected chi connectivity index (χ2v) is 7.01. The molecule has 1 N–H and O–H groups in total. The van der Waals surface area contributed by atoms with Crippen molar-refractivity contribution in [3.8, 4) is 16.9 Å². The Hall–Kier alpha value is -2.67. The number of benzene rings is 1. The van der Waals surface area contributed by atoms with Crippen molar-refractivity contribution in [2.75, 3.05) is 7.11 Å². The predicted molar refractivity (Wildman–Crippen MR) is 102 cm³/mol. The Balaban J connectivity index is 2.29. The van der Waals surface area contributed by atoms with Gasteiger partial charge in [-0.3, -0.25) is 14.2 Å². The number of carboxylic acid groups (broad SMARTS) is 1. The first kappa shape index (κ1) is 18.1. The molecule has 0 fully saturated rings. The maximum absolute atomic E-state index is 13.1. The zero-order valence-corrected chi connectivity index (χ0v) is 15.7. The maximum Gasteiger partial charge on any atom is 0.305 e. The lowest BCUT2D eigenvalue weighted by Gasteiger charge is -2.09. The van der Waals surface area contributed by atoms with Crippen LogP contribution in [0.3, 0.4) is 0 Å². The molecule has 0 aliphatic carbocycles. The fraction of sp³-hybridized carbons (Fsp3) is 0.316. The van der Waals surface area contributed by atoms with Gasteiger partial charge in [0.2, 0.25) is 0 Å². The van der Waals surface area contributed by atoms with Gasteiger partial charge in [-0.15, -0.1) is 11.3 Å². The van der Waals surface area contributed by atoms with Crippen LogP contribution in [0.2, 0.25) is 0 Å². The van der Waals surface area contributed by atoms with Gasteiger partial charge < -0.3 is 9.84 Å². The highest BCUT2D eigenvalue weighted by atomic mass is 32.1. The average molecular weight is 372 g/mol. The van der Waals surface area contributed by atoms with Crippen LogP contribution in [0.25, 0.3) is 21.3 Å². The normalized spacial score (nSPS) is 11.0. The fourth-order valence-corrected chi connectivity index (χ4v) is 4.20. The van der Waals surface area contributed by atoms with Gasteiger partial charge in [-0.1, -0.05) is 19.1 Å². The van der Waals surface area contributed by atoms with Gasteiger partial charge in [-0.25, -0.2) is 4.98 Å². The number of carbonyl (C=O) groups is 1. The second kappa shape index (κ2) is 7.29. The molecule has 0 atom stereocenters. The smallest absolute Gasteiger partial charge is 0.305 e. The highest BCUT2D eigenvalue weighted by Gasteiger charge is 2.20. The van der Waals surface area contributed by atoms with Crippen molar-refractivity contribution in [1.82, 2.24) is 9.55 Å². The number of carboxylic acids is 1. The fourth-order valence-electron chi connectivity index (χ4n) is 3.04. The van der Waals surface area contributed by atoms with Gasteiger partial charge in [-0.05, 0) is 31.0 Å². The van der Waals surface area contributed by atoms with Crippen molar-refractivity contribution in [1.29, 1.82) is 0 Å². The molecule has 26 heavy (non-hydrogen) atoms. The monoisotopic (exact) mass is 372 g/mol. The van der Waals surface area contributed by atoms with E-state index in [1.807, 2.05) is 31.2 Å². The quantitative estimate of drug-likeness (QED) is 0.716. The molecule has 0 aliphatic heterocycles. The van der Waals surface area contributed by atoms with E-state index in [0.717, 1.165) is 28.2 Å². The minimum atomic E-state index is -0.941. The predicted octanol–water partition coefficient (Wildman–Crippen LogP) is 3.48. The molecule has 0 saturated carbocycles. The molecule has 0 spiro atoms. The van der Waals surface area contributed by atoms with Crippen molar-refractivity contribution in [3.63, 3.8) is 0 Å². The molecule has 0 unspecified atom stereocenters. The van der Waals surface area contributed by atoms with Gasteiger partial charge in [0.1, 0.15) is 16.4 Å². The summed E-state index contributed by atoms with van der Waals surface area (Å²) in [6.45, 7) is 3.89. The van der Waals surface area contributed by atoms with Crippen LogP contribution in [-0.4, -0.2) is 27.7 Å². The zero-order valence-electron chi connectivity index (χ0n) is 14.9. The number of aromatic nitrogens is 2. The highest BCUT2D eigenvalue weighted by Crippen LogP contribution is 2.37. The van der Waals surface area contributed by atoms with E-state index in [1.165, 1.54) is 15.9 Å². The van der Waals surface area contributed by atoms with Crippen LogP contribution in [0.5, 0.6) is 5.75 Å². The third-order valence-electron chi connectivity index (χ3n) is 4.30. The third-order valence-corrected chi connectivity index (χ3v) is 5.53. The Morgan fingerprint density at radius 3 is 2.81 bits per heavy atom. The topological polar surface area (TPSA) is 81.4 Å². The summed E-state index contributed by atoms with van der Waals surface area (Å²) in [5.74, 6) is 0.309. The van der Waals surface area contributed by atoms with E-state index in [2.05, 4.69) is 4.98 Å². The molecule has 0 radical (unpaired) electrons. The van der Waals surface area contributed by atoms with E-state index in [4.69, 9.17) is 9.84 Å². The van der Waals surface area contributed by atoms with Crippen LogP contribution in [0.1, 0.15) is 24.0 Å². The van der Waals surface area contributed by atoms with Crippen molar-refractivity contribution in [2.45, 2.75) is 33.2 Å². The third kappa shape index (κ3) is 3.22. The Kier molecular flexibility index (Phi) is 5.08. The number of rotatable bonds is 6. The van der Waals surface area contributed by atoms with Gasteiger partial charge in [0.25, 0.3) is 5.56 Å². The van der Waals surface area contributed by atoms with E-state index in [1.54, 1.807) is 14.0 Å². The summed E-state index contributed by atoms with van der Waals surface area (Å²) < 4.78 is 6.77. The van der Waals surface area contributed by atoms with Gasteiger partial charge in [-0.2, -0.15) is 0 Å². The van der Waals surface area contributed by atoms with Crippen LogP contribution in [0, 0.1) is 6.92 Å². The number of hydrogen-bond donors (Lipinski definition) is 1. The summed E-state index contributed by atoms with van der Waals surface area (Å²) in [6, 6.07) is 7.60. The molecule has 2 aromatic heterocycles. The number of aryl methyl sites for hydroxylation is 2. The number of aliphatic carboxylic acids is 1. The standard InChI is InChI=1S/C19H20N2O4S/c1-4-14-16(12-6-5-7-13(10-12)25-3)17-18(26-14)20-11(2)21(19(17)24)9-8-15(22)23/h5-7,10H,4,8-9H2,1-3H3,(H,22,23). The molecule has 6 nitrogen and oxygen atoms in total. The van der Waals surface area contributed by atoms with Crippen molar-refractivity contribution in [3.05, 3.63) is 45.3 Å². The molecule has 3 aromatic rings. The van der Waals surface area contributed by atoms with Gasteiger partial charge >= 0.3 is 5.97 Å². The van der Waals surface area contributed by atoms with Crippen molar-refractivity contribution < 1.29 is 14.6 Å². The SMILES string of the molecule is CCc1sc2nc(C)n(CCC(=O)O)c(=O)c2c1-c1cccc(OC)c1. The Labute approximate surface area is 154 Å². The van der Waals surface area contributed by atoms with Crippen molar-refractivity contribution in [2.24, 2.45) is 0 Å². The summed E-state index contributed by atoms with van der Waals surface area (Å²) in [4.78, 5) is 30.4. The van der Waals surface area contributed by atoms with Crippen LogP contribution >= 0.6 is 11.3 Å². The van der Waals surface area contributed by atoms with E-state index < -0.39 is 5.97 Å². The number of methoxy groups -OCH3 is 1. The zero-order chi connectivity index (χ0) is 18.8. The molecule has 0 bridgehead atoms. The molecule has 0 amide bonds. The molecule has 7 heteroatoms. The maximum atomic E-state index is 13.1. The largest absolute Gasteiger partial charge is 0.497 e. The first-order valence-corrected chi connectivity index (χ1v) is 9.17. The van der Waals surface area contributed by atoms with Gasteiger partial charge in [0.15, 0.2) is 0 Å². The lowest BCUT2D eigenvalue weighted by atomic mass is 10.0. The Bertz CT molecular complexity index is 1040. The van der Waals surface area contributed by atoms with E-state index in [-0.39, 0.29) is 18.5 Å². The highest BCUT2D eigenvalue weighted by molar-refractivity contribution is 7.19. The van der Waals surface area contributed by atoms with E-state index in [0.29, 0.717) is 16.0 Å². The van der Waals surface area contributed by atoms with Gasteiger partial charge in [0.05, 0.1) is 18.9 Å². The molecule has 0 aliphatic rings. The summed E-state index contributed by atoms with van der Waals surface area (Å²) in [7, 11) is 1.61. The Morgan fingerprint density at radius 1 is 1.38 bits per heavy atom. The summed E-state index contributed by atoms with van der Waals surface area (Å²) >= 11 is 1.51. The Morgan fingerprint density at radius 2 is 2.15 bits per heavy atom. The number of ether oxygens (including phenoxy) is 1. The summed E-state index contributed by atoms with van der Waals surface area (Å²) in [5, 5.41) is 9.51. The lowest BCUT2D eigenvalue weighted by Crippen LogP contribution is -2.25. The molecule has 2 heterocycles. The summed E-state index contributed by atoms with van der Waals surface area (Å²) in [5.41, 5.74) is 1.58. The first-order valence-electron chi connectivity index (χ1n) is 8.35. The first-order chi connectivity index (χ1) is 12.5. The molecule has 3 rings (SSSR count). The van der Waals surface area contributed by atoms with Crippen LogP contribution in [-0.2, 0) is 17.8 Å². The molecule has 0 saturated heterocycles. The molecular formula is C19H20N2O4S. The molecule has 136 valence electrons. The second-order valence-electron chi connectivity index (χ2n) is 5.93. The summed E-state index contributed by atoms with van der Waals surface area (Å²) in [6.07, 6.45) is 0.661. The van der Waals surface area contributed by atoms with Crippen LogP contribution < -0.4 is 10.3 Å². The number of hydrogen-bond acceptors (Lipinski definition) is 5. The van der Waals surface area contributed by atoms with Crippen molar-refractivity contribution >= 4 is 27.5 Å². The minimum Gasteiger partial charge on any atom is -0.497 e. The average Bonchev–Trinajstić information content (AvgIpc) is 2.99. The minimum absolute atomic E-state index is 0.109. The number of nitrogens with zero attached hydrogens (tertiary/aromatic N) is 2.